The maximum Gasteiger partial charge on any atom is 0.209 e. The lowest BCUT2D eigenvalue weighted by Crippen LogP contribution is -2.19. The van der Waals surface area contributed by atoms with E-state index in [1.807, 2.05) is 48.5 Å². The van der Waals surface area contributed by atoms with Crippen molar-refractivity contribution in [3.63, 3.8) is 0 Å². The summed E-state index contributed by atoms with van der Waals surface area (Å²) in [5, 5.41) is 2.10. The molecular weight excluding hydrogens is 502 g/mol. The zero-order chi connectivity index (χ0) is 25.4. The molecule has 0 amide bonds. The molecular formula is C30H19NO4S2. The number of para-hydroxylation sites is 2. The fourth-order valence-electron chi connectivity index (χ4n) is 5.26. The van der Waals surface area contributed by atoms with Gasteiger partial charge in [-0.3, -0.25) is 0 Å². The van der Waals surface area contributed by atoms with Crippen molar-refractivity contribution >= 4 is 41.5 Å². The van der Waals surface area contributed by atoms with Crippen molar-refractivity contribution in [2.45, 2.75) is 19.6 Å². The molecule has 0 aliphatic carbocycles. The molecule has 0 radical (unpaired) electrons. The van der Waals surface area contributed by atoms with Crippen LogP contribution in [0.25, 0.3) is 38.6 Å². The number of aromatic nitrogens is 1. The molecule has 0 fully saturated rings. The molecule has 1 aromatic heterocycles. The predicted octanol–water partition coefficient (Wildman–Crippen LogP) is 6.43. The molecule has 2 heterocycles. The lowest BCUT2D eigenvalue weighted by atomic mass is 10.0. The molecule has 1 aliphatic heterocycles. The van der Waals surface area contributed by atoms with Crippen LogP contribution in [0.3, 0.4) is 0 Å². The summed E-state index contributed by atoms with van der Waals surface area (Å²) in [7, 11) is -7.94. The van der Waals surface area contributed by atoms with E-state index in [0.717, 1.165) is 33.1 Å². The lowest BCUT2D eigenvalue weighted by Gasteiger charge is -2.20. The highest BCUT2D eigenvalue weighted by Crippen LogP contribution is 2.42. The molecule has 5 nitrogen and oxygen atoms in total. The standard InChI is InChI=1S/C30H19NO4S2/c32-36(33)27-12-6-7-13-28(27)37(34,35)30-19-21(15-17-29(30)36)20-14-16-26-24(18-20)23-10-4-5-11-25(23)31(26)22-8-2-1-3-9-22/h1-19H. The molecule has 0 saturated heterocycles. The number of fused-ring (bicyclic) bond motifs is 5. The van der Waals surface area contributed by atoms with Crippen molar-refractivity contribution in [2.75, 3.05) is 0 Å². The summed E-state index contributed by atoms with van der Waals surface area (Å²) in [6, 6.07) is 34.6. The molecule has 0 spiro atoms. The average Bonchev–Trinajstić information content (AvgIpc) is 3.26. The summed E-state index contributed by atoms with van der Waals surface area (Å²) in [4.78, 5) is -0.723. The lowest BCUT2D eigenvalue weighted by molar-refractivity contribution is 0.570. The van der Waals surface area contributed by atoms with E-state index in [-0.39, 0.29) is 19.6 Å². The van der Waals surface area contributed by atoms with Gasteiger partial charge in [0.2, 0.25) is 19.7 Å². The first-order valence-corrected chi connectivity index (χ1v) is 14.7. The maximum absolute atomic E-state index is 13.4. The van der Waals surface area contributed by atoms with E-state index in [1.54, 1.807) is 6.07 Å². The van der Waals surface area contributed by atoms with E-state index in [1.165, 1.54) is 36.4 Å². The molecule has 6 aromatic rings. The number of sulfone groups is 2. The molecule has 180 valence electrons. The van der Waals surface area contributed by atoms with Crippen LogP contribution in [0.4, 0.5) is 0 Å². The maximum atomic E-state index is 13.4. The Hall–Kier alpha value is -4.20. The van der Waals surface area contributed by atoms with E-state index in [0.29, 0.717) is 5.56 Å². The second kappa shape index (κ2) is 7.65. The van der Waals surface area contributed by atoms with Gasteiger partial charge in [0.25, 0.3) is 0 Å². The van der Waals surface area contributed by atoms with Gasteiger partial charge in [-0.25, -0.2) is 16.8 Å². The minimum atomic E-state index is -4.00. The Bertz CT molecular complexity index is 2110. The van der Waals surface area contributed by atoms with Gasteiger partial charge in [0.15, 0.2) is 0 Å². The topological polar surface area (TPSA) is 73.2 Å². The van der Waals surface area contributed by atoms with Gasteiger partial charge in [0.05, 0.1) is 30.6 Å². The van der Waals surface area contributed by atoms with Crippen LogP contribution in [0.1, 0.15) is 0 Å². The van der Waals surface area contributed by atoms with Crippen LogP contribution in [0, 0.1) is 0 Å². The van der Waals surface area contributed by atoms with E-state index < -0.39 is 19.7 Å². The predicted molar refractivity (Wildman–Crippen MR) is 144 cm³/mol. The Morgan fingerprint density at radius 3 is 1.73 bits per heavy atom. The Morgan fingerprint density at radius 2 is 0.973 bits per heavy atom. The van der Waals surface area contributed by atoms with Crippen molar-refractivity contribution < 1.29 is 16.8 Å². The summed E-state index contributed by atoms with van der Waals surface area (Å²) in [6.45, 7) is 0. The van der Waals surface area contributed by atoms with Crippen LogP contribution in [-0.4, -0.2) is 21.4 Å². The second-order valence-corrected chi connectivity index (χ2v) is 12.8. The normalized spacial score (nSPS) is 15.4. The quantitative estimate of drug-likeness (QED) is 0.263. The highest BCUT2D eigenvalue weighted by atomic mass is 32.2. The third kappa shape index (κ3) is 3.08. The van der Waals surface area contributed by atoms with Gasteiger partial charge in [-0.1, -0.05) is 60.7 Å². The van der Waals surface area contributed by atoms with Crippen LogP contribution >= 0.6 is 0 Å². The molecule has 5 aromatic carbocycles. The van der Waals surface area contributed by atoms with Crippen LogP contribution in [0.2, 0.25) is 0 Å². The van der Waals surface area contributed by atoms with E-state index >= 15 is 0 Å². The third-order valence-electron chi connectivity index (χ3n) is 6.97. The summed E-state index contributed by atoms with van der Waals surface area (Å²) >= 11 is 0. The van der Waals surface area contributed by atoms with Gasteiger partial charge >= 0.3 is 0 Å². The fourth-order valence-corrected chi connectivity index (χ4v) is 9.42. The number of benzene rings is 5. The number of nitrogens with zero attached hydrogens (tertiary/aromatic N) is 1. The van der Waals surface area contributed by atoms with E-state index in [4.69, 9.17) is 0 Å². The SMILES string of the molecule is O=S1(=O)c2ccccc2S(=O)(=O)c2cc(-c3ccc4c(c3)c3ccccc3n4-c3ccccc3)ccc21. The summed E-state index contributed by atoms with van der Waals surface area (Å²) in [6.07, 6.45) is 0. The van der Waals surface area contributed by atoms with Crippen molar-refractivity contribution in [3.8, 4) is 16.8 Å². The molecule has 0 atom stereocenters. The molecule has 0 N–H and O–H groups in total. The van der Waals surface area contributed by atoms with Crippen LogP contribution < -0.4 is 0 Å². The third-order valence-corrected chi connectivity index (χ3v) is 11.0. The van der Waals surface area contributed by atoms with Gasteiger partial charge in [0, 0.05) is 16.5 Å². The first kappa shape index (κ1) is 22.0. The van der Waals surface area contributed by atoms with Crippen LogP contribution in [0.15, 0.2) is 135 Å². The summed E-state index contributed by atoms with van der Waals surface area (Å²) in [5.41, 5.74) is 4.58. The first-order chi connectivity index (χ1) is 17.9. The van der Waals surface area contributed by atoms with Crippen molar-refractivity contribution in [3.05, 3.63) is 115 Å². The zero-order valence-electron chi connectivity index (χ0n) is 19.4. The Morgan fingerprint density at radius 1 is 0.432 bits per heavy atom. The van der Waals surface area contributed by atoms with Gasteiger partial charge in [-0.2, -0.15) is 0 Å². The largest absolute Gasteiger partial charge is 0.309 e. The monoisotopic (exact) mass is 521 g/mol. The highest BCUT2D eigenvalue weighted by Gasteiger charge is 2.39. The Kier molecular flexibility index (Phi) is 4.55. The van der Waals surface area contributed by atoms with Crippen LogP contribution in [0.5, 0.6) is 0 Å². The van der Waals surface area contributed by atoms with E-state index in [2.05, 4.69) is 28.8 Å². The first-order valence-electron chi connectivity index (χ1n) is 11.7. The molecule has 37 heavy (non-hydrogen) atoms. The zero-order valence-corrected chi connectivity index (χ0v) is 21.0. The Labute approximate surface area is 214 Å². The minimum absolute atomic E-state index is 0.176. The molecule has 0 bridgehead atoms. The molecule has 7 rings (SSSR count). The van der Waals surface area contributed by atoms with Crippen molar-refractivity contribution in [1.29, 1.82) is 0 Å². The number of hydrogen-bond acceptors (Lipinski definition) is 4. The minimum Gasteiger partial charge on any atom is -0.309 e. The number of rotatable bonds is 2. The molecule has 1 aliphatic rings. The van der Waals surface area contributed by atoms with Gasteiger partial charge in [-0.15, -0.1) is 0 Å². The van der Waals surface area contributed by atoms with Gasteiger partial charge < -0.3 is 4.57 Å². The summed E-state index contributed by atoms with van der Waals surface area (Å²) < 4.78 is 55.5. The summed E-state index contributed by atoms with van der Waals surface area (Å²) in [5.74, 6) is 0. The second-order valence-electron chi connectivity index (χ2n) is 9.04. The average molecular weight is 522 g/mol. The van der Waals surface area contributed by atoms with Crippen molar-refractivity contribution in [1.82, 2.24) is 4.57 Å². The number of hydrogen-bond donors (Lipinski definition) is 0. The van der Waals surface area contributed by atoms with E-state index in [9.17, 15) is 16.8 Å². The van der Waals surface area contributed by atoms with Crippen LogP contribution in [-0.2, 0) is 19.7 Å². The van der Waals surface area contributed by atoms with Gasteiger partial charge in [0.1, 0.15) is 0 Å². The molecule has 0 saturated carbocycles. The van der Waals surface area contributed by atoms with Crippen molar-refractivity contribution in [2.24, 2.45) is 0 Å². The smallest absolute Gasteiger partial charge is 0.209 e. The molecule has 7 heteroatoms. The fraction of sp³-hybridized carbons (Fsp3) is 0. The molecule has 0 unspecified atom stereocenters. The Balaban J connectivity index is 1.46. The van der Waals surface area contributed by atoms with Gasteiger partial charge in [-0.05, 0) is 65.7 Å². The highest BCUT2D eigenvalue weighted by molar-refractivity contribution is 7.97.